The maximum absolute atomic E-state index is 5.82. The van der Waals surface area contributed by atoms with Gasteiger partial charge in [-0.15, -0.1) is 0 Å². The van der Waals surface area contributed by atoms with Crippen molar-refractivity contribution in [1.82, 2.24) is 15.3 Å². The molecule has 1 fully saturated rings. The normalized spacial score (nSPS) is 15.0. The van der Waals surface area contributed by atoms with Crippen LogP contribution in [0.25, 0.3) is 0 Å². The third kappa shape index (κ3) is 3.49. The summed E-state index contributed by atoms with van der Waals surface area (Å²) in [5, 5.41) is 3.35. The summed E-state index contributed by atoms with van der Waals surface area (Å²) in [5.41, 5.74) is 2.27. The third-order valence-corrected chi connectivity index (χ3v) is 3.66. The summed E-state index contributed by atoms with van der Waals surface area (Å²) >= 11 is 0. The van der Waals surface area contributed by atoms with Crippen LogP contribution in [-0.2, 0) is 6.61 Å². The molecule has 2 aromatic rings. The van der Waals surface area contributed by atoms with Gasteiger partial charge in [0, 0.05) is 44.6 Å². The van der Waals surface area contributed by atoms with E-state index in [1.165, 1.54) is 0 Å². The highest BCUT2D eigenvalue weighted by Crippen LogP contribution is 2.17. The molecular formula is C16H20N4O. The summed E-state index contributed by atoms with van der Waals surface area (Å²) in [5.74, 6) is 1.66. The molecule has 5 heteroatoms. The Morgan fingerprint density at radius 1 is 1.24 bits per heavy atom. The van der Waals surface area contributed by atoms with E-state index in [1.54, 1.807) is 6.20 Å². The first-order valence-electron chi connectivity index (χ1n) is 7.28. The van der Waals surface area contributed by atoms with Crippen molar-refractivity contribution >= 4 is 5.82 Å². The van der Waals surface area contributed by atoms with E-state index in [1.807, 2.05) is 37.4 Å². The number of anilines is 1. The van der Waals surface area contributed by atoms with E-state index in [4.69, 9.17) is 4.74 Å². The Labute approximate surface area is 125 Å². The minimum absolute atomic E-state index is 0.520. The van der Waals surface area contributed by atoms with E-state index in [-0.39, 0.29) is 0 Å². The lowest BCUT2D eigenvalue weighted by molar-refractivity contribution is 0.293. The molecule has 3 rings (SSSR count). The number of aryl methyl sites for hydroxylation is 1. The van der Waals surface area contributed by atoms with Crippen LogP contribution in [0.2, 0.25) is 0 Å². The van der Waals surface area contributed by atoms with E-state index >= 15 is 0 Å². The molecule has 0 atom stereocenters. The molecule has 3 heterocycles. The minimum Gasteiger partial charge on any atom is -0.473 e. The third-order valence-electron chi connectivity index (χ3n) is 3.66. The molecule has 21 heavy (non-hydrogen) atoms. The first-order chi connectivity index (χ1) is 10.3. The largest absolute Gasteiger partial charge is 0.473 e. The molecule has 110 valence electrons. The van der Waals surface area contributed by atoms with Crippen LogP contribution >= 0.6 is 0 Å². The zero-order valence-corrected chi connectivity index (χ0v) is 12.2. The summed E-state index contributed by atoms with van der Waals surface area (Å²) in [4.78, 5) is 11.0. The van der Waals surface area contributed by atoms with Gasteiger partial charge in [0.2, 0.25) is 5.88 Å². The van der Waals surface area contributed by atoms with E-state index < -0.39 is 0 Å². The molecule has 1 aliphatic rings. The fourth-order valence-electron chi connectivity index (χ4n) is 2.37. The summed E-state index contributed by atoms with van der Waals surface area (Å²) in [6.45, 7) is 6.54. The van der Waals surface area contributed by atoms with Crippen LogP contribution in [0.3, 0.4) is 0 Å². The lowest BCUT2D eigenvalue weighted by atomic mass is 10.2. The first kappa shape index (κ1) is 13.8. The summed E-state index contributed by atoms with van der Waals surface area (Å²) in [6.07, 6.45) is 3.64. The topological polar surface area (TPSA) is 50.3 Å². The fourth-order valence-corrected chi connectivity index (χ4v) is 2.37. The highest BCUT2D eigenvalue weighted by Gasteiger charge is 2.12. The predicted octanol–water partition coefficient (Wildman–Crippen LogP) is 1.77. The monoisotopic (exact) mass is 284 g/mol. The smallest absolute Gasteiger partial charge is 0.215 e. The average Bonchev–Trinajstić information content (AvgIpc) is 2.55. The van der Waals surface area contributed by atoms with Crippen LogP contribution in [0, 0.1) is 6.92 Å². The van der Waals surface area contributed by atoms with Crippen molar-refractivity contribution in [3.63, 3.8) is 0 Å². The second kappa shape index (κ2) is 6.54. The molecule has 0 amide bonds. The standard InChI is InChI=1S/C16H20N4O/c1-13-11-18-6-5-14(13)12-21-16-4-2-3-15(19-16)20-9-7-17-8-10-20/h2-6,11,17H,7-10,12H2,1H3. The molecule has 2 aromatic heterocycles. The number of nitrogens with one attached hydrogen (secondary N) is 1. The van der Waals surface area contributed by atoms with Gasteiger partial charge < -0.3 is 15.0 Å². The van der Waals surface area contributed by atoms with Gasteiger partial charge in [0.1, 0.15) is 12.4 Å². The van der Waals surface area contributed by atoms with Gasteiger partial charge in [-0.05, 0) is 30.2 Å². The van der Waals surface area contributed by atoms with Crippen LogP contribution in [0.1, 0.15) is 11.1 Å². The Morgan fingerprint density at radius 3 is 2.90 bits per heavy atom. The maximum Gasteiger partial charge on any atom is 0.215 e. The summed E-state index contributed by atoms with van der Waals surface area (Å²) < 4.78 is 5.82. The van der Waals surface area contributed by atoms with Gasteiger partial charge in [-0.2, -0.15) is 4.98 Å². The van der Waals surface area contributed by atoms with Gasteiger partial charge >= 0.3 is 0 Å². The van der Waals surface area contributed by atoms with E-state index in [2.05, 4.69) is 20.2 Å². The molecule has 0 saturated carbocycles. The minimum atomic E-state index is 0.520. The van der Waals surface area contributed by atoms with E-state index in [0.29, 0.717) is 12.5 Å². The Balaban J connectivity index is 1.67. The number of piperazine rings is 1. The highest BCUT2D eigenvalue weighted by atomic mass is 16.5. The second-order valence-corrected chi connectivity index (χ2v) is 5.16. The molecule has 0 unspecified atom stereocenters. The Morgan fingerprint density at radius 2 is 2.10 bits per heavy atom. The summed E-state index contributed by atoms with van der Waals surface area (Å²) in [7, 11) is 0. The lowest BCUT2D eigenvalue weighted by Gasteiger charge is -2.28. The molecule has 0 radical (unpaired) electrons. The van der Waals surface area contributed by atoms with E-state index in [0.717, 1.165) is 43.1 Å². The van der Waals surface area contributed by atoms with E-state index in [9.17, 15) is 0 Å². The van der Waals surface area contributed by atoms with Crippen molar-refractivity contribution in [3.05, 3.63) is 47.8 Å². The van der Waals surface area contributed by atoms with Crippen molar-refractivity contribution in [1.29, 1.82) is 0 Å². The van der Waals surface area contributed by atoms with Crippen molar-refractivity contribution in [2.24, 2.45) is 0 Å². The van der Waals surface area contributed by atoms with Gasteiger partial charge in [0.25, 0.3) is 0 Å². The van der Waals surface area contributed by atoms with Crippen LogP contribution in [0.4, 0.5) is 5.82 Å². The van der Waals surface area contributed by atoms with Crippen molar-refractivity contribution in [2.45, 2.75) is 13.5 Å². The number of hydrogen-bond acceptors (Lipinski definition) is 5. The van der Waals surface area contributed by atoms with Crippen LogP contribution in [-0.4, -0.2) is 36.1 Å². The molecule has 1 N–H and O–H groups in total. The number of pyridine rings is 2. The molecule has 1 aliphatic heterocycles. The summed E-state index contributed by atoms with van der Waals surface area (Å²) in [6, 6.07) is 7.92. The number of aromatic nitrogens is 2. The van der Waals surface area contributed by atoms with Crippen LogP contribution in [0.5, 0.6) is 5.88 Å². The van der Waals surface area contributed by atoms with Gasteiger partial charge in [-0.3, -0.25) is 4.98 Å². The van der Waals surface area contributed by atoms with Gasteiger partial charge in [0.05, 0.1) is 0 Å². The zero-order chi connectivity index (χ0) is 14.5. The molecular weight excluding hydrogens is 264 g/mol. The molecule has 5 nitrogen and oxygen atoms in total. The quantitative estimate of drug-likeness (QED) is 0.927. The second-order valence-electron chi connectivity index (χ2n) is 5.16. The number of rotatable bonds is 4. The zero-order valence-electron chi connectivity index (χ0n) is 12.2. The van der Waals surface area contributed by atoms with Gasteiger partial charge in [-0.25, -0.2) is 0 Å². The van der Waals surface area contributed by atoms with Crippen molar-refractivity contribution in [2.75, 3.05) is 31.1 Å². The van der Waals surface area contributed by atoms with Gasteiger partial charge in [-0.1, -0.05) is 6.07 Å². The molecule has 1 saturated heterocycles. The Kier molecular flexibility index (Phi) is 4.31. The SMILES string of the molecule is Cc1cnccc1COc1cccc(N2CCNCC2)n1. The number of hydrogen-bond donors (Lipinski definition) is 1. The first-order valence-corrected chi connectivity index (χ1v) is 7.28. The van der Waals surface area contributed by atoms with Crippen LogP contribution in [0.15, 0.2) is 36.7 Å². The fraction of sp³-hybridized carbons (Fsp3) is 0.375. The molecule has 0 aromatic carbocycles. The predicted molar refractivity (Wildman–Crippen MR) is 82.6 cm³/mol. The number of ether oxygens (including phenoxy) is 1. The Bertz CT molecular complexity index is 596. The number of nitrogens with zero attached hydrogens (tertiary/aromatic N) is 3. The van der Waals surface area contributed by atoms with Gasteiger partial charge in [0.15, 0.2) is 0 Å². The highest BCUT2D eigenvalue weighted by molar-refractivity contribution is 5.41. The van der Waals surface area contributed by atoms with Crippen LogP contribution < -0.4 is 15.0 Å². The Hall–Kier alpha value is -2.14. The lowest BCUT2D eigenvalue weighted by Crippen LogP contribution is -2.43. The average molecular weight is 284 g/mol. The maximum atomic E-state index is 5.82. The molecule has 0 spiro atoms. The molecule has 0 bridgehead atoms. The van der Waals surface area contributed by atoms with Crippen molar-refractivity contribution < 1.29 is 4.74 Å². The molecule has 0 aliphatic carbocycles. The van der Waals surface area contributed by atoms with Crippen molar-refractivity contribution in [3.8, 4) is 5.88 Å².